The first-order chi connectivity index (χ1) is 13.7. The minimum Gasteiger partial charge on any atom is -0.370 e. The number of rotatable bonds is 5. The van der Waals surface area contributed by atoms with Gasteiger partial charge in [-0.2, -0.15) is 0 Å². The average Bonchev–Trinajstić information content (AvgIpc) is 3.10. The molecule has 3 heterocycles. The molecule has 2 aliphatic heterocycles. The number of aromatic nitrogens is 3. The van der Waals surface area contributed by atoms with E-state index in [9.17, 15) is 8.42 Å². The van der Waals surface area contributed by atoms with Gasteiger partial charge in [0.2, 0.25) is 0 Å². The quantitative estimate of drug-likeness (QED) is 0.713. The van der Waals surface area contributed by atoms with Crippen molar-refractivity contribution in [1.82, 2.24) is 19.9 Å². The average molecular weight is 439 g/mol. The molecule has 0 aliphatic carbocycles. The lowest BCUT2D eigenvalue weighted by atomic mass is 9.77. The molecule has 0 unspecified atom stereocenters. The number of benzene rings is 1. The summed E-state index contributed by atoms with van der Waals surface area (Å²) in [7, 11) is -3.01. The van der Waals surface area contributed by atoms with Crippen LogP contribution < -0.4 is 0 Å². The number of sulfone groups is 1. The van der Waals surface area contributed by atoms with Crippen LogP contribution in [0.2, 0.25) is 5.02 Å². The molecule has 0 radical (unpaired) electrons. The first kappa shape index (κ1) is 20.8. The van der Waals surface area contributed by atoms with Crippen LogP contribution in [0.15, 0.2) is 24.4 Å². The molecule has 29 heavy (non-hydrogen) atoms. The Morgan fingerprint density at radius 1 is 1.38 bits per heavy atom. The largest absolute Gasteiger partial charge is 0.370 e. The van der Waals surface area contributed by atoms with E-state index in [0.717, 1.165) is 43.1 Å². The van der Waals surface area contributed by atoms with Gasteiger partial charge in [0.15, 0.2) is 0 Å². The van der Waals surface area contributed by atoms with Crippen LogP contribution in [0, 0.1) is 0 Å². The molecule has 158 valence electrons. The van der Waals surface area contributed by atoms with Crippen molar-refractivity contribution in [3.05, 3.63) is 46.2 Å². The minimum atomic E-state index is -3.01. The van der Waals surface area contributed by atoms with Crippen molar-refractivity contribution in [2.45, 2.75) is 50.9 Å². The van der Waals surface area contributed by atoms with Gasteiger partial charge in [-0.1, -0.05) is 22.9 Å². The normalized spacial score (nSPS) is 25.3. The highest BCUT2D eigenvalue weighted by Gasteiger charge is 2.43. The van der Waals surface area contributed by atoms with Gasteiger partial charge in [-0.3, -0.25) is 9.58 Å². The molecule has 0 saturated carbocycles. The van der Waals surface area contributed by atoms with Gasteiger partial charge in [-0.15, -0.1) is 5.10 Å². The third-order valence-electron chi connectivity index (χ3n) is 6.01. The van der Waals surface area contributed by atoms with Gasteiger partial charge in [-0.05, 0) is 49.4 Å². The van der Waals surface area contributed by atoms with E-state index in [1.165, 1.54) is 17.4 Å². The second-order valence-electron chi connectivity index (χ2n) is 8.27. The third-order valence-corrected chi connectivity index (χ3v) is 7.17. The maximum Gasteiger partial charge on any atom is 0.149 e. The number of halogens is 1. The number of fused-ring (bicyclic) bond motifs is 2. The molecule has 9 heteroatoms. The molecule has 2 aromatic rings. The van der Waals surface area contributed by atoms with Crippen LogP contribution in [0.3, 0.4) is 0 Å². The van der Waals surface area contributed by atoms with Crippen molar-refractivity contribution in [2.24, 2.45) is 0 Å². The first-order valence-corrected chi connectivity index (χ1v) is 12.4. The van der Waals surface area contributed by atoms with Crippen LogP contribution in [0.1, 0.15) is 36.6 Å². The fourth-order valence-electron chi connectivity index (χ4n) is 4.48. The number of nitrogens with zero attached hydrogens (tertiary/aromatic N) is 4. The summed E-state index contributed by atoms with van der Waals surface area (Å²) in [5.41, 5.74) is 3.18. The van der Waals surface area contributed by atoms with Crippen molar-refractivity contribution >= 4 is 21.4 Å². The zero-order chi connectivity index (χ0) is 20.6. The van der Waals surface area contributed by atoms with E-state index in [0.29, 0.717) is 19.1 Å². The lowest BCUT2D eigenvalue weighted by Crippen LogP contribution is -2.50. The Labute approximate surface area is 176 Å². The SMILES string of the molecule is C[C@H]1C[C@@]2(CCN1Cc1cn(CCS(C)(=O)=O)nn1)OCCc1ccc(Cl)cc12. The summed E-state index contributed by atoms with van der Waals surface area (Å²) in [6, 6.07) is 6.49. The summed E-state index contributed by atoms with van der Waals surface area (Å²) in [6.07, 6.45) is 5.82. The standard InChI is InChI=1S/C20H27ClN4O3S/c1-15-12-20(19-11-17(21)4-3-16(19)5-9-28-20)6-7-24(15)13-18-14-25(23-22-18)8-10-29(2,26)27/h3-4,11,14-15H,5-10,12-13H2,1-2H3/t15-,20+/m0/s1. The highest BCUT2D eigenvalue weighted by atomic mass is 35.5. The molecule has 0 amide bonds. The van der Waals surface area contributed by atoms with Gasteiger partial charge < -0.3 is 4.74 Å². The second kappa shape index (κ2) is 7.98. The van der Waals surface area contributed by atoms with E-state index in [1.807, 2.05) is 12.3 Å². The van der Waals surface area contributed by atoms with Crippen LogP contribution >= 0.6 is 11.6 Å². The predicted molar refractivity (Wildman–Crippen MR) is 112 cm³/mol. The van der Waals surface area contributed by atoms with Gasteiger partial charge in [0.05, 0.1) is 30.2 Å². The van der Waals surface area contributed by atoms with Crippen LogP contribution in [0.5, 0.6) is 0 Å². The number of aryl methyl sites for hydroxylation is 1. The second-order valence-corrected chi connectivity index (χ2v) is 11.0. The Morgan fingerprint density at radius 2 is 2.21 bits per heavy atom. The zero-order valence-electron chi connectivity index (χ0n) is 16.8. The van der Waals surface area contributed by atoms with Crippen LogP contribution in [-0.2, 0) is 39.7 Å². The first-order valence-electron chi connectivity index (χ1n) is 9.98. The molecule has 1 aromatic carbocycles. The number of piperidine rings is 1. The van der Waals surface area contributed by atoms with Gasteiger partial charge in [0.25, 0.3) is 0 Å². The summed E-state index contributed by atoms with van der Waals surface area (Å²) in [5, 5.41) is 9.05. The Balaban J connectivity index is 1.43. The van der Waals surface area contributed by atoms with E-state index in [4.69, 9.17) is 16.3 Å². The molecule has 0 bridgehead atoms. The van der Waals surface area contributed by atoms with Crippen molar-refractivity contribution < 1.29 is 13.2 Å². The molecular formula is C20H27ClN4O3S. The maximum atomic E-state index is 11.3. The van der Waals surface area contributed by atoms with Gasteiger partial charge in [0, 0.05) is 36.6 Å². The van der Waals surface area contributed by atoms with E-state index in [2.05, 4.69) is 34.3 Å². The molecule has 1 fully saturated rings. The minimum absolute atomic E-state index is 0.0672. The molecule has 1 spiro atoms. The molecule has 2 aliphatic rings. The molecule has 7 nitrogen and oxygen atoms in total. The van der Waals surface area contributed by atoms with E-state index >= 15 is 0 Å². The molecule has 1 saturated heterocycles. The maximum absolute atomic E-state index is 11.3. The van der Waals surface area contributed by atoms with Gasteiger partial charge >= 0.3 is 0 Å². The summed E-state index contributed by atoms with van der Waals surface area (Å²) >= 11 is 6.29. The molecule has 1 aromatic heterocycles. The van der Waals surface area contributed by atoms with Crippen LogP contribution in [0.25, 0.3) is 0 Å². The fourth-order valence-corrected chi connectivity index (χ4v) is 5.17. The Morgan fingerprint density at radius 3 is 2.97 bits per heavy atom. The summed E-state index contributed by atoms with van der Waals surface area (Å²) in [4.78, 5) is 2.39. The topological polar surface area (TPSA) is 77.3 Å². The van der Waals surface area contributed by atoms with Crippen LogP contribution in [-0.4, -0.2) is 59.5 Å². The summed E-state index contributed by atoms with van der Waals surface area (Å²) in [5.74, 6) is 0.0672. The Kier molecular flexibility index (Phi) is 5.72. The summed E-state index contributed by atoms with van der Waals surface area (Å²) < 4.78 is 30.6. The molecule has 4 rings (SSSR count). The molecule has 2 atom stereocenters. The van der Waals surface area contributed by atoms with Crippen molar-refractivity contribution in [2.75, 3.05) is 25.2 Å². The van der Waals surface area contributed by atoms with Gasteiger partial charge in [-0.25, -0.2) is 8.42 Å². The number of hydrogen-bond acceptors (Lipinski definition) is 6. The van der Waals surface area contributed by atoms with E-state index in [1.54, 1.807) is 4.68 Å². The Bertz CT molecular complexity index is 993. The lowest BCUT2D eigenvalue weighted by Gasteiger charge is -2.48. The fraction of sp³-hybridized carbons (Fsp3) is 0.600. The molecular weight excluding hydrogens is 412 g/mol. The smallest absolute Gasteiger partial charge is 0.149 e. The molecule has 0 N–H and O–H groups in total. The predicted octanol–water partition coefficient (Wildman–Crippen LogP) is 2.43. The highest BCUT2D eigenvalue weighted by Crippen LogP contribution is 2.44. The van der Waals surface area contributed by atoms with Crippen LogP contribution in [0.4, 0.5) is 0 Å². The third kappa shape index (κ3) is 4.66. The summed E-state index contributed by atoms with van der Waals surface area (Å²) in [6.45, 7) is 4.88. The Hall–Kier alpha value is -1.48. The van der Waals surface area contributed by atoms with Crippen molar-refractivity contribution in [3.63, 3.8) is 0 Å². The van der Waals surface area contributed by atoms with E-state index < -0.39 is 9.84 Å². The number of likely N-dealkylation sites (tertiary alicyclic amines) is 1. The monoisotopic (exact) mass is 438 g/mol. The zero-order valence-corrected chi connectivity index (χ0v) is 18.4. The van der Waals surface area contributed by atoms with Gasteiger partial charge in [0.1, 0.15) is 9.84 Å². The lowest BCUT2D eigenvalue weighted by molar-refractivity contribution is -0.113. The van der Waals surface area contributed by atoms with Crippen molar-refractivity contribution in [1.29, 1.82) is 0 Å². The number of hydrogen-bond donors (Lipinski definition) is 0. The highest BCUT2D eigenvalue weighted by molar-refractivity contribution is 7.90. The number of ether oxygens (including phenoxy) is 1. The van der Waals surface area contributed by atoms with Crippen molar-refractivity contribution in [3.8, 4) is 0 Å². The van der Waals surface area contributed by atoms with E-state index in [-0.39, 0.29) is 11.4 Å².